The van der Waals surface area contributed by atoms with Crippen LogP contribution in [0.15, 0.2) is 46.8 Å². The van der Waals surface area contributed by atoms with E-state index in [2.05, 4.69) is 39.0 Å². The number of rotatable bonds is 2. The molecule has 0 aromatic carbocycles. The number of furan rings is 1. The highest BCUT2D eigenvalue weighted by molar-refractivity contribution is 5.96. The van der Waals surface area contributed by atoms with E-state index >= 15 is 0 Å². The fourth-order valence-electron chi connectivity index (χ4n) is 8.74. The molecule has 5 heteroatoms. The summed E-state index contributed by atoms with van der Waals surface area (Å²) >= 11 is 0. The first-order valence-corrected chi connectivity index (χ1v) is 12.2. The number of carbonyl (C=O) groups is 2. The van der Waals surface area contributed by atoms with E-state index in [0.717, 1.165) is 19.3 Å². The number of fused-ring (bicyclic) bond motifs is 5. The molecule has 0 aliphatic heterocycles. The number of esters is 1. The van der Waals surface area contributed by atoms with Gasteiger partial charge in [0.25, 0.3) is 0 Å². The number of ether oxygens (including phenoxy) is 1. The van der Waals surface area contributed by atoms with Crippen molar-refractivity contribution < 1.29 is 23.8 Å². The van der Waals surface area contributed by atoms with E-state index in [4.69, 9.17) is 9.15 Å². The Kier molecular flexibility index (Phi) is 4.76. The van der Waals surface area contributed by atoms with Crippen LogP contribution in [0, 0.1) is 33.5 Å². The Morgan fingerprint density at radius 1 is 1.21 bits per heavy atom. The SMILES string of the molecule is CC(=O)O[C@@H]1[C@@H]2C(C)(C)C(=O)C=C[C@]2(C)[C@H]2CC[C@]3(C)C(=CC[C@H]3c3ccoc3)[C@]2(C)[C@@H]1O. The first kappa shape index (κ1) is 22.6. The molecule has 2 saturated carbocycles. The standard InChI is InChI=1S/C28H36O5/c1-16(29)33-22-23-25(2,3)21(30)10-13-27(23,5)20-9-12-26(4)18(17-11-14-32-15-17)7-8-19(26)28(20,6)24(22)31/h8,10-11,13-15,18,20,22-24,31H,7,9,12H2,1-6H3/t18-,20+,22+,23+,24+,26-,27+,28-/m0/s1. The summed E-state index contributed by atoms with van der Waals surface area (Å²) in [6.07, 6.45) is 10.9. The number of hydrogen-bond donors (Lipinski definition) is 1. The van der Waals surface area contributed by atoms with Gasteiger partial charge in [-0.25, -0.2) is 0 Å². The molecule has 4 aliphatic carbocycles. The zero-order valence-corrected chi connectivity index (χ0v) is 20.6. The molecule has 0 bridgehead atoms. The van der Waals surface area contributed by atoms with E-state index in [9.17, 15) is 14.7 Å². The summed E-state index contributed by atoms with van der Waals surface area (Å²) < 4.78 is 11.3. The molecule has 33 heavy (non-hydrogen) atoms. The van der Waals surface area contributed by atoms with Gasteiger partial charge in [-0.1, -0.05) is 52.3 Å². The van der Waals surface area contributed by atoms with Gasteiger partial charge in [-0.3, -0.25) is 9.59 Å². The lowest BCUT2D eigenvalue weighted by Crippen LogP contribution is -2.70. The van der Waals surface area contributed by atoms with Crippen molar-refractivity contribution in [3.05, 3.63) is 48.0 Å². The average Bonchev–Trinajstić information content (AvgIpc) is 3.36. The minimum Gasteiger partial charge on any atom is -0.472 e. The third-order valence-electron chi connectivity index (χ3n) is 10.1. The molecule has 5 rings (SSSR count). The van der Waals surface area contributed by atoms with E-state index in [0.29, 0.717) is 5.92 Å². The highest BCUT2D eigenvalue weighted by atomic mass is 16.6. The van der Waals surface area contributed by atoms with Gasteiger partial charge in [0.15, 0.2) is 5.78 Å². The van der Waals surface area contributed by atoms with Crippen molar-refractivity contribution in [2.45, 2.75) is 78.9 Å². The van der Waals surface area contributed by atoms with Crippen molar-refractivity contribution in [3.8, 4) is 0 Å². The number of hydrogen-bond acceptors (Lipinski definition) is 5. The Bertz CT molecular complexity index is 1050. The second-order valence-corrected chi connectivity index (χ2v) is 12.0. The van der Waals surface area contributed by atoms with Gasteiger partial charge in [0.1, 0.15) is 12.2 Å². The summed E-state index contributed by atoms with van der Waals surface area (Å²) in [4.78, 5) is 25.2. The summed E-state index contributed by atoms with van der Waals surface area (Å²) in [5, 5.41) is 12.1. The van der Waals surface area contributed by atoms with Gasteiger partial charge in [0, 0.05) is 23.7 Å². The number of ketones is 1. The lowest BCUT2D eigenvalue weighted by atomic mass is 9.38. The second-order valence-electron chi connectivity index (χ2n) is 12.0. The van der Waals surface area contributed by atoms with Crippen LogP contribution in [-0.2, 0) is 14.3 Å². The predicted molar refractivity (Wildman–Crippen MR) is 124 cm³/mol. The molecule has 1 aromatic rings. The van der Waals surface area contributed by atoms with Crippen LogP contribution in [0.5, 0.6) is 0 Å². The second kappa shape index (κ2) is 6.94. The minimum absolute atomic E-state index is 0.0266. The number of carbonyl (C=O) groups excluding carboxylic acids is 2. The normalized spacial score (nSPS) is 45.6. The summed E-state index contributed by atoms with van der Waals surface area (Å²) in [6.45, 7) is 11.9. The van der Waals surface area contributed by atoms with Crippen LogP contribution in [0.2, 0.25) is 0 Å². The first-order valence-electron chi connectivity index (χ1n) is 12.2. The van der Waals surface area contributed by atoms with Crippen LogP contribution in [0.3, 0.4) is 0 Å². The molecule has 1 heterocycles. The maximum absolute atomic E-state index is 13.0. The fraction of sp³-hybridized carbons (Fsp3) is 0.643. The maximum Gasteiger partial charge on any atom is 0.303 e. The van der Waals surface area contributed by atoms with Crippen molar-refractivity contribution >= 4 is 11.8 Å². The molecule has 1 aromatic heterocycles. The monoisotopic (exact) mass is 452 g/mol. The van der Waals surface area contributed by atoms with Gasteiger partial charge in [-0.2, -0.15) is 0 Å². The van der Waals surface area contributed by atoms with Gasteiger partial charge in [0.05, 0.1) is 12.5 Å². The summed E-state index contributed by atoms with van der Waals surface area (Å²) in [6, 6.07) is 2.05. The molecule has 0 saturated heterocycles. The first-order chi connectivity index (χ1) is 15.4. The highest BCUT2D eigenvalue weighted by Crippen LogP contribution is 2.72. The van der Waals surface area contributed by atoms with Gasteiger partial charge < -0.3 is 14.3 Å². The van der Waals surface area contributed by atoms with Crippen molar-refractivity contribution in [2.75, 3.05) is 0 Å². The van der Waals surface area contributed by atoms with E-state index in [1.54, 1.807) is 12.3 Å². The van der Waals surface area contributed by atoms with Crippen LogP contribution in [0.1, 0.15) is 72.3 Å². The van der Waals surface area contributed by atoms with E-state index in [1.807, 2.05) is 20.1 Å². The van der Waals surface area contributed by atoms with Crippen LogP contribution in [0.25, 0.3) is 0 Å². The van der Waals surface area contributed by atoms with Gasteiger partial charge in [-0.15, -0.1) is 0 Å². The predicted octanol–water partition coefficient (Wildman–Crippen LogP) is 5.21. The zero-order valence-electron chi connectivity index (χ0n) is 20.6. The van der Waals surface area contributed by atoms with Crippen LogP contribution in [-0.4, -0.2) is 29.1 Å². The van der Waals surface area contributed by atoms with E-state index in [-0.39, 0.29) is 28.4 Å². The molecule has 1 N–H and O–H groups in total. The molecule has 0 amide bonds. The van der Waals surface area contributed by atoms with Crippen molar-refractivity contribution in [1.29, 1.82) is 0 Å². The molecule has 178 valence electrons. The molecular formula is C28H36O5. The highest BCUT2D eigenvalue weighted by Gasteiger charge is 2.71. The van der Waals surface area contributed by atoms with Crippen molar-refractivity contribution in [3.63, 3.8) is 0 Å². The van der Waals surface area contributed by atoms with Crippen LogP contribution < -0.4 is 0 Å². The molecule has 0 unspecified atom stereocenters. The molecular weight excluding hydrogens is 416 g/mol. The van der Waals surface area contributed by atoms with Crippen molar-refractivity contribution in [1.82, 2.24) is 0 Å². The Morgan fingerprint density at radius 3 is 2.58 bits per heavy atom. The summed E-state index contributed by atoms with van der Waals surface area (Å²) in [7, 11) is 0. The summed E-state index contributed by atoms with van der Waals surface area (Å²) in [5.74, 6) is -0.262. The minimum atomic E-state index is -0.892. The quantitative estimate of drug-likeness (QED) is 0.492. The number of aliphatic hydroxyl groups excluding tert-OH is 1. The molecule has 0 radical (unpaired) electrons. The van der Waals surface area contributed by atoms with E-state index in [1.165, 1.54) is 18.1 Å². The lowest BCUT2D eigenvalue weighted by molar-refractivity contribution is -0.228. The maximum atomic E-state index is 13.0. The van der Waals surface area contributed by atoms with Gasteiger partial charge in [-0.05, 0) is 59.6 Å². The van der Waals surface area contributed by atoms with E-state index < -0.39 is 29.0 Å². The molecule has 0 spiro atoms. The number of aliphatic hydroxyl groups is 1. The smallest absolute Gasteiger partial charge is 0.303 e. The molecule has 8 atom stereocenters. The Balaban J connectivity index is 1.67. The molecule has 4 aliphatic rings. The largest absolute Gasteiger partial charge is 0.472 e. The fourth-order valence-corrected chi connectivity index (χ4v) is 8.74. The topological polar surface area (TPSA) is 76.7 Å². The average molecular weight is 453 g/mol. The Hall–Kier alpha value is -2.14. The third kappa shape index (κ3) is 2.75. The van der Waals surface area contributed by atoms with Gasteiger partial charge in [0.2, 0.25) is 0 Å². The van der Waals surface area contributed by atoms with Crippen molar-refractivity contribution in [2.24, 2.45) is 33.5 Å². The zero-order chi connectivity index (χ0) is 24.0. The van der Waals surface area contributed by atoms with Crippen LogP contribution in [0.4, 0.5) is 0 Å². The molecule has 2 fully saturated rings. The Morgan fingerprint density at radius 2 is 1.94 bits per heavy atom. The van der Waals surface area contributed by atoms with Gasteiger partial charge >= 0.3 is 5.97 Å². The Labute approximate surface area is 196 Å². The van der Waals surface area contributed by atoms with Crippen LogP contribution >= 0.6 is 0 Å². The third-order valence-corrected chi connectivity index (χ3v) is 10.1. The summed E-state index contributed by atoms with van der Waals surface area (Å²) in [5.41, 5.74) is 0.657. The number of allylic oxidation sites excluding steroid dienone is 3. The lowest BCUT2D eigenvalue weighted by Gasteiger charge is -2.67. The molecule has 5 nitrogen and oxygen atoms in total.